The minimum Gasteiger partial charge on any atom is -0.392 e. The summed E-state index contributed by atoms with van der Waals surface area (Å²) < 4.78 is 0. The molecule has 0 saturated carbocycles. The van der Waals surface area contributed by atoms with Gasteiger partial charge in [-0.25, -0.2) is 0 Å². The summed E-state index contributed by atoms with van der Waals surface area (Å²) in [6.07, 6.45) is 1.00. The van der Waals surface area contributed by atoms with E-state index in [1.165, 1.54) is 6.07 Å². The van der Waals surface area contributed by atoms with Crippen molar-refractivity contribution in [1.82, 2.24) is 0 Å². The fourth-order valence-corrected chi connectivity index (χ4v) is 1.70. The molecule has 5 heteroatoms. The number of benzene rings is 1. The number of anilines is 1. The molecular formula is C13H20N2O3. The van der Waals surface area contributed by atoms with E-state index in [1.807, 2.05) is 6.92 Å². The smallest absolute Gasteiger partial charge is 0.292 e. The molecule has 0 amide bonds. The average molecular weight is 252 g/mol. The Kier molecular flexibility index (Phi) is 5.09. The van der Waals surface area contributed by atoms with Gasteiger partial charge in [0.15, 0.2) is 0 Å². The quantitative estimate of drug-likeness (QED) is 0.603. The number of rotatable bonds is 6. The van der Waals surface area contributed by atoms with Gasteiger partial charge in [-0.1, -0.05) is 20.3 Å². The van der Waals surface area contributed by atoms with Crippen LogP contribution in [-0.2, 0) is 6.61 Å². The van der Waals surface area contributed by atoms with Gasteiger partial charge in [0.25, 0.3) is 5.69 Å². The molecule has 0 radical (unpaired) electrons. The summed E-state index contributed by atoms with van der Waals surface area (Å²) in [5.74, 6) is 0.419. The normalized spacial score (nSPS) is 14.0. The maximum absolute atomic E-state index is 10.9. The van der Waals surface area contributed by atoms with Gasteiger partial charge in [0, 0.05) is 12.1 Å². The Labute approximate surface area is 107 Å². The maximum atomic E-state index is 10.9. The van der Waals surface area contributed by atoms with E-state index in [0.717, 1.165) is 6.42 Å². The van der Waals surface area contributed by atoms with Crippen molar-refractivity contribution in [2.75, 3.05) is 5.32 Å². The number of aliphatic hydroxyl groups is 1. The van der Waals surface area contributed by atoms with Crippen LogP contribution in [0.4, 0.5) is 11.4 Å². The van der Waals surface area contributed by atoms with Crippen LogP contribution in [-0.4, -0.2) is 16.1 Å². The first-order valence-corrected chi connectivity index (χ1v) is 6.14. The van der Waals surface area contributed by atoms with Crippen LogP contribution in [0.2, 0.25) is 0 Å². The second kappa shape index (κ2) is 6.35. The van der Waals surface area contributed by atoms with Gasteiger partial charge in [-0.05, 0) is 30.5 Å². The van der Waals surface area contributed by atoms with Gasteiger partial charge >= 0.3 is 0 Å². The molecule has 2 atom stereocenters. The van der Waals surface area contributed by atoms with E-state index < -0.39 is 4.92 Å². The second-order valence-corrected chi connectivity index (χ2v) is 4.59. The summed E-state index contributed by atoms with van der Waals surface area (Å²) in [6, 6.07) is 4.77. The summed E-state index contributed by atoms with van der Waals surface area (Å²) in [4.78, 5) is 10.5. The highest BCUT2D eigenvalue weighted by atomic mass is 16.6. The average Bonchev–Trinajstić information content (AvgIpc) is 2.37. The first-order chi connectivity index (χ1) is 8.49. The predicted molar refractivity (Wildman–Crippen MR) is 71.6 cm³/mol. The maximum Gasteiger partial charge on any atom is 0.292 e. The topological polar surface area (TPSA) is 75.4 Å². The van der Waals surface area contributed by atoms with E-state index in [4.69, 9.17) is 5.11 Å². The van der Waals surface area contributed by atoms with Crippen molar-refractivity contribution in [2.45, 2.75) is 39.8 Å². The van der Waals surface area contributed by atoms with Crippen molar-refractivity contribution < 1.29 is 10.0 Å². The zero-order valence-corrected chi connectivity index (χ0v) is 11.0. The Balaban J connectivity index is 3.00. The van der Waals surface area contributed by atoms with Gasteiger partial charge in [-0.15, -0.1) is 0 Å². The molecule has 0 saturated heterocycles. The number of nitro benzene ring substituents is 1. The van der Waals surface area contributed by atoms with Gasteiger partial charge in [0.2, 0.25) is 0 Å². The van der Waals surface area contributed by atoms with Crippen LogP contribution in [0.15, 0.2) is 18.2 Å². The lowest BCUT2D eigenvalue weighted by Crippen LogP contribution is -2.23. The van der Waals surface area contributed by atoms with Crippen LogP contribution in [0, 0.1) is 16.0 Å². The monoisotopic (exact) mass is 252 g/mol. The summed E-state index contributed by atoms with van der Waals surface area (Å²) in [7, 11) is 0. The SMILES string of the molecule is CCC(C)C(C)Nc1cc(CO)ccc1[N+](=O)[O-]. The van der Waals surface area contributed by atoms with Crippen molar-refractivity contribution in [3.8, 4) is 0 Å². The molecular weight excluding hydrogens is 232 g/mol. The zero-order chi connectivity index (χ0) is 13.7. The molecule has 100 valence electrons. The first-order valence-electron chi connectivity index (χ1n) is 6.14. The van der Waals surface area contributed by atoms with Gasteiger partial charge in [-0.3, -0.25) is 10.1 Å². The van der Waals surface area contributed by atoms with Gasteiger partial charge in [-0.2, -0.15) is 0 Å². The molecule has 0 aliphatic heterocycles. The highest BCUT2D eigenvalue weighted by Gasteiger charge is 2.18. The lowest BCUT2D eigenvalue weighted by molar-refractivity contribution is -0.384. The summed E-state index contributed by atoms with van der Waals surface area (Å²) >= 11 is 0. The molecule has 0 bridgehead atoms. The number of nitrogens with one attached hydrogen (secondary N) is 1. The molecule has 2 N–H and O–H groups in total. The fraction of sp³-hybridized carbons (Fsp3) is 0.538. The van der Waals surface area contributed by atoms with Crippen LogP contribution in [0.1, 0.15) is 32.8 Å². The third kappa shape index (κ3) is 3.43. The van der Waals surface area contributed by atoms with Crippen molar-refractivity contribution in [3.05, 3.63) is 33.9 Å². The molecule has 2 unspecified atom stereocenters. The van der Waals surface area contributed by atoms with E-state index in [-0.39, 0.29) is 18.3 Å². The Morgan fingerprint density at radius 1 is 1.44 bits per heavy atom. The summed E-state index contributed by atoms with van der Waals surface area (Å²) in [6.45, 7) is 6.06. The molecule has 1 rings (SSSR count). The Morgan fingerprint density at radius 3 is 2.61 bits per heavy atom. The number of nitro groups is 1. The van der Waals surface area contributed by atoms with Crippen molar-refractivity contribution in [1.29, 1.82) is 0 Å². The highest BCUT2D eigenvalue weighted by molar-refractivity contribution is 5.63. The number of hydrogen-bond donors (Lipinski definition) is 2. The van der Waals surface area contributed by atoms with E-state index in [1.54, 1.807) is 12.1 Å². The van der Waals surface area contributed by atoms with E-state index in [2.05, 4.69) is 19.2 Å². The molecule has 0 aromatic heterocycles. The van der Waals surface area contributed by atoms with Crippen molar-refractivity contribution in [2.24, 2.45) is 5.92 Å². The van der Waals surface area contributed by atoms with Crippen LogP contribution in [0.25, 0.3) is 0 Å². The highest BCUT2D eigenvalue weighted by Crippen LogP contribution is 2.27. The first kappa shape index (κ1) is 14.4. The molecule has 0 heterocycles. The lowest BCUT2D eigenvalue weighted by Gasteiger charge is -2.21. The molecule has 0 aliphatic rings. The van der Waals surface area contributed by atoms with Crippen LogP contribution < -0.4 is 5.32 Å². The molecule has 18 heavy (non-hydrogen) atoms. The Hall–Kier alpha value is -1.62. The molecule has 1 aromatic rings. The summed E-state index contributed by atoms with van der Waals surface area (Å²) in [5.41, 5.74) is 1.18. The van der Waals surface area contributed by atoms with Crippen LogP contribution in [0.3, 0.4) is 0 Å². The van der Waals surface area contributed by atoms with Crippen LogP contribution >= 0.6 is 0 Å². The number of nitrogens with zero attached hydrogens (tertiary/aromatic N) is 1. The lowest BCUT2D eigenvalue weighted by atomic mass is 10.0. The van der Waals surface area contributed by atoms with Crippen molar-refractivity contribution >= 4 is 11.4 Å². The van der Waals surface area contributed by atoms with Gasteiger partial charge < -0.3 is 10.4 Å². The second-order valence-electron chi connectivity index (χ2n) is 4.59. The third-order valence-electron chi connectivity index (χ3n) is 3.32. The number of aliphatic hydroxyl groups excluding tert-OH is 1. The molecule has 0 fully saturated rings. The van der Waals surface area contributed by atoms with E-state index >= 15 is 0 Å². The Morgan fingerprint density at radius 2 is 2.11 bits per heavy atom. The minimum atomic E-state index is -0.410. The number of hydrogen-bond acceptors (Lipinski definition) is 4. The van der Waals surface area contributed by atoms with Crippen LogP contribution in [0.5, 0.6) is 0 Å². The third-order valence-corrected chi connectivity index (χ3v) is 3.32. The largest absolute Gasteiger partial charge is 0.392 e. The van der Waals surface area contributed by atoms with Gasteiger partial charge in [0.05, 0.1) is 11.5 Å². The predicted octanol–water partition coefficient (Wildman–Crippen LogP) is 2.93. The van der Waals surface area contributed by atoms with E-state index in [9.17, 15) is 10.1 Å². The molecule has 0 aliphatic carbocycles. The Bertz CT molecular complexity index is 421. The van der Waals surface area contributed by atoms with Gasteiger partial charge in [0.1, 0.15) is 5.69 Å². The summed E-state index contributed by atoms with van der Waals surface area (Å²) in [5, 5.41) is 23.2. The van der Waals surface area contributed by atoms with Crippen molar-refractivity contribution in [3.63, 3.8) is 0 Å². The fourth-order valence-electron chi connectivity index (χ4n) is 1.70. The minimum absolute atomic E-state index is 0.0438. The van der Waals surface area contributed by atoms with E-state index in [0.29, 0.717) is 17.2 Å². The molecule has 5 nitrogen and oxygen atoms in total. The molecule has 1 aromatic carbocycles. The zero-order valence-electron chi connectivity index (χ0n) is 11.0. The standard InChI is InChI=1S/C13H20N2O3/c1-4-9(2)10(3)14-12-7-11(8-16)5-6-13(12)15(17)18/h5-7,9-10,14,16H,4,8H2,1-3H3. The molecule has 0 spiro atoms.